The van der Waals surface area contributed by atoms with E-state index in [0.29, 0.717) is 19.6 Å². The summed E-state index contributed by atoms with van der Waals surface area (Å²) in [7, 11) is -2.10. The first-order chi connectivity index (χ1) is 9.67. The summed E-state index contributed by atoms with van der Waals surface area (Å²) in [4.78, 5) is 11.4. The zero-order valence-electron chi connectivity index (χ0n) is 11.9. The Morgan fingerprint density at radius 1 is 1.40 bits per heavy atom. The van der Waals surface area contributed by atoms with E-state index in [-0.39, 0.29) is 5.91 Å². The summed E-state index contributed by atoms with van der Waals surface area (Å²) in [5.74, 6) is 0.0444. The Morgan fingerprint density at radius 3 is 2.70 bits per heavy atom. The normalized spacial score (nSPS) is 11.8. The SMILES string of the molecule is C=CCNC(=O)CCCc1ccc([PH](=O)OCC)cc1. The Labute approximate surface area is 121 Å². The van der Waals surface area contributed by atoms with Gasteiger partial charge in [0.1, 0.15) is 0 Å². The van der Waals surface area contributed by atoms with Crippen molar-refractivity contribution in [3.8, 4) is 0 Å². The van der Waals surface area contributed by atoms with Gasteiger partial charge in [-0.1, -0.05) is 18.2 Å². The second-order valence-electron chi connectivity index (χ2n) is 4.36. The molecule has 0 aliphatic carbocycles. The maximum atomic E-state index is 11.7. The number of nitrogens with one attached hydrogen (secondary N) is 1. The van der Waals surface area contributed by atoms with Crippen LogP contribution in [0.4, 0.5) is 0 Å². The molecule has 1 aromatic rings. The minimum absolute atomic E-state index is 0.0444. The van der Waals surface area contributed by atoms with Gasteiger partial charge < -0.3 is 9.84 Å². The molecular formula is C15H22NO3P. The number of amides is 1. The molecule has 0 spiro atoms. The number of hydrogen-bond donors (Lipinski definition) is 1. The summed E-state index contributed by atoms with van der Waals surface area (Å²) in [6.45, 7) is 6.35. The highest BCUT2D eigenvalue weighted by Gasteiger charge is 2.04. The molecule has 1 N–H and O–H groups in total. The van der Waals surface area contributed by atoms with Crippen molar-refractivity contribution < 1.29 is 13.9 Å². The Balaban J connectivity index is 2.36. The second-order valence-corrected chi connectivity index (χ2v) is 5.80. The fraction of sp³-hybridized carbons (Fsp3) is 0.400. The summed E-state index contributed by atoms with van der Waals surface area (Å²) in [6, 6.07) is 7.56. The summed E-state index contributed by atoms with van der Waals surface area (Å²) in [6.07, 6.45) is 3.79. The average Bonchev–Trinajstić information content (AvgIpc) is 2.46. The Hall–Kier alpha value is -1.38. The number of carbonyl (C=O) groups is 1. The largest absolute Gasteiger partial charge is 0.353 e. The maximum Gasteiger partial charge on any atom is 0.220 e. The molecule has 5 heteroatoms. The number of benzene rings is 1. The van der Waals surface area contributed by atoms with Gasteiger partial charge in [-0.15, -0.1) is 6.58 Å². The lowest BCUT2D eigenvalue weighted by molar-refractivity contribution is -0.120. The van der Waals surface area contributed by atoms with E-state index >= 15 is 0 Å². The first-order valence-electron chi connectivity index (χ1n) is 6.81. The lowest BCUT2D eigenvalue weighted by Crippen LogP contribution is -2.22. The van der Waals surface area contributed by atoms with Crippen LogP contribution in [0.25, 0.3) is 0 Å². The fourth-order valence-electron chi connectivity index (χ4n) is 1.75. The van der Waals surface area contributed by atoms with Crippen molar-refractivity contribution in [3.05, 3.63) is 42.5 Å². The highest BCUT2D eigenvalue weighted by Crippen LogP contribution is 2.21. The van der Waals surface area contributed by atoms with Crippen LogP contribution in [0.5, 0.6) is 0 Å². The van der Waals surface area contributed by atoms with E-state index in [2.05, 4.69) is 11.9 Å². The van der Waals surface area contributed by atoms with Crippen LogP contribution in [-0.2, 0) is 20.3 Å². The molecule has 0 radical (unpaired) electrons. The first kappa shape index (κ1) is 16.7. The van der Waals surface area contributed by atoms with Crippen molar-refractivity contribution >= 4 is 19.2 Å². The zero-order valence-corrected chi connectivity index (χ0v) is 12.9. The van der Waals surface area contributed by atoms with Gasteiger partial charge in [-0.25, -0.2) is 0 Å². The van der Waals surface area contributed by atoms with Gasteiger partial charge in [0.2, 0.25) is 13.9 Å². The van der Waals surface area contributed by atoms with Crippen LogP contribution in [0.1, 0.15) is 25.3 Å². The zero-order chi connectivity index (χ0) is 14.8. The molecule has 0 fully saturated rings. The first-order valence-corrected chi connectivity index (χ1v) is 8.12. The number of rotatable bonds is 9. The van der Waals surface area contributed by atoms with Crippen molar-refractivity contribution in [1.82, 2.24) is 5.32 Å². The molecule has 0 heterocycles. The van der Waals surface area contributed by atoms with Crippen LogP contribution in [0.3, 0.4) is 0 Å². The standard InChI is InChI=1S/C15H22NO3P/c1-3-12-16-15(17)7-5-6-13-8-10-14(11-9-13)20(18)19-4-2/h3,8-11,20H,1,4-7,12H2,2H3,(H,16,17). The van der Waals surface area contributed by atoms with Crippen molar-refractivity contribution in [3.63, 3.8) is 0 Å². The third-order valence-corrected chi connectivity index (χ3v) is 4.13. The van der Waals surface area contributed by atoms with Gasteiger partial charge in [0.05, 0.1) is 6.61 Å². The van der Waals surface area contributed by atoms with Crippen LogP contribution in [0.2, 0.25) is 0 Å². The summed E-state index contributed by atoms with van der Waals surface area (Å²) < 4.78 is 16.8. The van der Waals surface area contributed by atoms with E-state index < -0.39 is 8.03 Å². The van der Waals surface area contributed by atoms with Crippen molar-refractivity contribution in [1.29, 1.82) is 0 Å². The van der Waals surface area contributed by atoms with Gasteiger partial charge in [-0.05, 0) is 37.5 Å². The summed E-state index contributed by atoms with van der Waals surface area (Å²) in [5, 5.41) is 3.49. The molecule has 0 aliphatic rings. The minimum Gasteiger partial charge on any atom is -0.353 e. The number of hydrogen-bond acceptors (Lipinski definition) is 3. The van der Waals surface area contributed by atoms with Gasteiger partial charge >= 0.3 is 0 Å². The number of carbonyl (C=O) groups excluding carboxylic acids is 1. The Bertz CT molecular complexity index is 457. The van der Waals surface area contributed by atoms with E-state index in [1.807, 2.05) is 31.2 Å². The quantitative estimate of drug-likeness (QED) is 0.562. The van der Waals surface area contributed by atoms with E-state index in [1.54, 1.807) is 6.08 Å². The molecule has 1 atom stereocenters. The molecule has 1 aromatic carbocycles. The topological polar surface area (TPSA) is 55.4 Å². The van der Waals surface area contributed by atoms with Gasteiger partial charge in [0.25, 0.3) is 0 Å². The number of aryl methyl sites for hydroxylation is 1. The van der Waals surface area contributed by atoms with Crippen LogP contribution in [0, 0.1) is 0 Å². The minimum atomic E-state index is -2.10. The predicted molar refractivity (Wildman–Crippen MR) is 82.8 cm³/mol. The van der Waals surface area contributed by atoms with E-state index in [0.717, 1.165) is 23.7 Å². The molecule has 4 nitrogen and oxygen atoms in total. The van der Waals surface area contributed by atoms with Gasteiger partial charge in [0, 0.05) is 18.3 Å². The maximum absolute atomic E-state index is 11.7. The lowest BCUT2D eigenvalue weighted by Gasteiger charge is -2.05. The highest BCUT2D eigenvalue weighted by atomic mass is 31.1. The average molecular weight is 295 g/mol. The van der Waals surface area contributed by atoms with E-state index in [9.17, 15) is 9.36 Å². The highest BCUT2D eigenvalue weighted by molar-refractivity contribution is 7.48. The van der Waals surface area contributed by atoms with Crippen LogP contribution in [0.15, 0.2) is 36.9 Å². The molecule has 1 unspecified atom stereocenters. The third-order valence-electron chi connectivity index (χ3n) is 2.78. The molecule has 0 saturated heterocycles. The van der Waals surface area contributed by atoms with E-state index in [4.69, 9.17) is 4.52 Å². The molecule has 0 bridgehead atoms. The Morgan fingerprint density at radius 2 is 2.10 bits per heavy atom. The predicted octanol–water partition coefficient (Wildman–Crippen LogP) is 2.45. The molecule has 1 amide bonds. The third kappa shape index (κ3) is 6.18. The van der Waals surface area contributed by atoms with E-state index in [1.165, 1.54) is 0 Å². The van der Waals surface area contributed by atoms with Gasteiger partial charge in [0.15, 0.2) is 0 Å². The second kappa shape index (κ2) is 9.51. The molecular weight excluding hydrogens is 273 g/mol. The Kier molecular flexibility index (Phi) is 7.93. The van der Waals surface area contributed by atoms with Gasteiger partial charge in [-0.3, -0.25) is 9.36 Å². The van der Waals surface area contributed by atoms with Gasteiger partial charge in [-0.2, -0.15) is 0 Å². The molecule has 0 aliphatic heterocycles. The fourth-order valence-corrected chi connectivity index (χ4v) is 2.62. The molecule has 0 saturated carbocycles. The van der Waals surface area contributed by atoms with Crippen molar-refractivity contribution in [2.45, 2.75) is 26.2 Å². The summed E-state index contributed by atoms with van der Waals surface area (Å²) >= 11 is 0. The van der Waals surface area contributed by atoms with Crippen LogP contribution >= 0.6 is 8.03 Å². The lowest BCUT2D eigenvalue weighted by atomic mass is 10.1. The summed E-state index contributed by atoms with van der Waals surface area (Å²) in [5.41, 5.74) is 1.14. The molecule has 0 aromatic heterocycles. The van der Waals surface area contributed by atoms with Crippen molar-refractivity contribution in [2.75, 3.05) is 13.2 Å². The van der Waals surface area contributed by atoms with Crippen molar-refractivity contribution in [2.24, 2.45) is 0 Å². The molecule has 20 heavy (non-hydrogen) atoms. The smallest absolute Gasteiger partial charge is 0.220 e. The van der Waals surface area contributed by atoms with Crippen LogP contribution in [-0.4, -0.2) is 19.1 Å². The monoisotopic (exact) mass is 295 g/mol. The van der Waals surface area contributed by atoms with Crippen LogP contribution < -0.4 is 10.6 Å². The molecule has 1 rings (SSSR count). The molecule has 110 valence electrons.